The lowest BCUT2D eigenvalue weighted by Gasteiger charge is -2.12. The maximum atomic E-state index is 10.4. The number of rotatable bonds is 1. The van der Waals surface area contributed by atoms with Gasteiger partial charge in [0, 0.05) is 5.70 Å². The number of carbonyl (C=O) groups is 1. The van der Waals surface area contributed by atoms with Gasteiger partial charge in [-0.15, -0.1) is 0 Å². The second-order valence-corrected chi connectivity index (χ2v) is 1.85. The summed E-state index contributed by atoms with van der Waals surface area (Å²) < 4.78 is 14.6. The minimum atomic E-state index is -0.722. The quantitative estimate of drug-likeness (QED) is 0.520. The van der Waals surface area contributed by atoms with Crippen molar-refractivity contribution in [2.45, 2.75) is 13.0 Å². The van der Waals surface area contributed by atoms with Crippen LogP contribution in [-0.4, -0.2) is 12.3 Å². The molecule has 0 amide bonds. The van der Waals surface area contributed by atoms with E-state index in [2.05, 4.69) is 0 Å². The van der Waals surface area contributed by atoms with E-state index in [0.29, 0.717) is 12.0 Å². The Morgan fingerprint density at radius 3 is 3.44 bits per heavy atom. The first kappa shape index (κ1) is 3.88. The summed E-state index contributed by atoms with van der Waals surface area (Å²) in [5, 5.41) is 1.04. The van der Waals surface area contributed by atoms with Crippen LogP contribution in [-0.2, 0) is 4.79 Å². The summed E-state index contributed by atoms with van der Waals surface area (Å²) in [5.74, 6) is 0. The third kappa shape index (κ3) is 1.42. The lowest BCUT2D eigenvalue weighted by atomic mass is 10.2. The van der Waals surface area contributed by atoms with Crippen LogP contribution in [0.3, 0.4) is 0 Å². The van der Waals surface area contributed by atoms with Crippen molar-refractivity contribution in [3.8, 4) is 0 Å². The van der Waals surface area contributed by atoms with Crippen LogP contribution in [0.15, 0.2) is 23.9 Å². The number of carbonyl (C=O) groups excluding carboxylic acids is 1. The molecule has 9 heavy (non-hydrogen) atoms. The molecule has 1 rings (SSSR count). The fraction of sp³-hybridized carbons (Fsp3) is 0.286. The Hall–Kier alpha value is -1.05. The highest BCUT2D eigenvalue weighted by atomic mass is 16.1. The first-order chi connectivity index (χ1) is 5.16. The number of nitrogens with one attached hydrogen (secondary N) is 1. The lowest BCUT2D eigenvalue weighted by molar-refractivity contribution is -0.108. The van der Waals surface area contributed by atoms with Gasteiger partial charge in [0.15, 0.2) is 1.41 Å². The summed E-state index contributed by atoms with van der Waals surface area (Å²) in [5.41, 5.74) is 0.679. The molecule has 1 unspecified atom stereocenters. The Kier molecular flexibility index (Phi) is 1.07. The minimum absolute atomic E-state index is 0.167. The highest BCUT2D eigenvalue weighted by Gasteiger charge is 2.02. The predicted octanol–water partition coefficient (Wildman–Crippen LogP) is 0.617. The fourth-order valence-corrected chi connectivity index (χ4v) is 0.637. The largest absolute Gasteiger partial charge is 0.376 e. The number of hydrogen-bond donors (Lipinski definition) is 1. The summed E-state index contributed by atoms with van der Waals surface area (Å²) >= 11 is 0. The van der Waals surface area contributed by atoms with Gasteiger partial charge in [-0.25, -0.2) is 0 Å². The number of aldehydes is 1. The van der Waals surface area contributed by atoms with Crippen LogP contribution in [0, 0.1) is 0 Å². The van der Waals surface area contributed by atoms with Crippen LogP contribution in [0.2, 0.25) is 1.41 Å². The van der Waals surface area contributed by atoms with Gasteiger partial charge in [-0.05, 0) is 13.0 Å². The molecule has 0 saturated heterocycles. The molecule has 0 aromatic carbocycles. The lowest BCUT2D eigenvalue weighted by Crippen LogP contribution is -2.28. The van der Waals surface area contributed by atoms with E-state index < -0.39 is 6.04 Å². The van der Waals surface area contributed by atoms with Crippen molar-refractivity contribution in [3.63, 3.8) is 0 Å². The van der Waals surface area contributed by atoms with E-state index in [1.54, 1.807) is 19.1 Å². The molecule has 1 aliphatic rings. The van der Waals surface area contributed by atoms with Gasteiger partial charge in [0.05, 0.1) is 1.37 Å². The molecule has 2 heteroatoms. The number of dihydropyridines is 1. The van der Waals surface area contributed by atoms with Crippen molar-refractivity contribution in [2.75, 3.05) is 0 Å². The number of allylic oxidation sites excluding steroid dienone is 3. The van der Waals surface area contributed by atoms with Crippen molar-refractivity contribution in [3.05, 3.63) is 23.9 Å². The summed E-state index contributed by atoms with van der Waals surface area (Å²) in [6, 6.07) is -0.555. The molecule has 0 fully saturated rings. The summed E-state index contributed by atoms with van der Waals surface area (Å²) in [6.45, 7) is 1.73. The number of hydrogen-bond acceptors (Lipinski definition) is 2. The molecular weight excluding hydrogens is 114 g/mol. The zero-order valence-corrected chi connectivity index (χ0v) is 5.16. The average Bonchev–Trinajstić information content (AvgIpc) is 1.99. The molecule has 1 N–H and O–H groups in total. The van der Waals surface area contributed by atoms with E-state index in [4.69, 9.17) is 2.78 Å². The highest BCUT2D eigenvalue weighted by molar-refractivity contribution is 5.62. The molecule has 1 aliphatic heterocycles. The fourth-order valence-electron chi connectivity index (χ4n) is 0.637. The van der Waals surface area contributed by atoms with E-state index in [1.807, 2.05) is 0 Å². The zero-order valence-electron chi connectivity index (χ0n) is 7.16. The molecule has 0 spiro atoms. The Bertz CT molecular complexity index is 235. The molecule has 0 radical (unpaired) electrons. The standard InChI is InChI=1S/C7H9NO/c1-6-3-2-4-7(5-9)8-6/h2-5,7-8H,1H3/i4D/hD. The van der Waals surface area contributed by atoms with Gasteiger partial charge in [0.25, 0.3) is 0 Å². The van der Waals surface area contributed by atoms with Crippen molar-refractivity contribution in [2.24, 2.45) is 0 Å². The maximum absolute atomic E-state index is 10.4. The van der Waals surface area contributed by atoms with E-state index in [-0.39, 0.29) is 6.05 Å². The summed E-state index contributed by atoms with van der Waals surface area (Å²) in [7, 11) is 0. The smallest absolute Gasteiger partial charge is 0.161 e. The highest BCUT2D eigenvalue weighted by Crippen LogP contribution is 1.97. The normalized spacial score (nSPS) is 29.9. The van der Waals surface area contributed by atoms with E-state index >= 15 is 0 Å². The molecule has 0 aliphatic carbocycles. The van der Waals surface area contributed by atoms with Gasteiger partial charge in [-0.2, -0.15) is 0 Å². The van der Waals surface area contributed by atoms with Gasteiger partial charge < -0.3 is 10.1 Å². The van der Waals surface area contributed by atoms with Crippen molar-refractivity contribution in [1.29, 1.82) is 0 Å². The Labute approximate surface area is 57.1 Å². The summed E-state index contributed by atoms with van der Waals surface area (Å²) in [4.78, 5) is 10.4. The van der Waals surface area contributed by atoms with Gasteiger partial charge >= 0.3 is 0 Å². The second kappa shape index (κ2) is 2.49. The molecular formula is C7H9NO. The third-order valence-electron chi connectivity index (χ3n) is 1.06. The van der Waals surface area contributed by atoms with Gasteiger partial charge in [0.1, 0.15) is 12.3 Å². The molecule has 0 bridgehead atoms. The first-order valence-electron chi connectivity index (χ1n) is 3.70. The van der Waals surface area contributed by atoms with Crippen molar-refractivity contribution < 1.29 is 7.58 Å². The van der Waals surface area contributed by atoms with Crippen molar-refractivity contribution >= 4 is 6.29 Å². The van der Waals surface area contributed by atoms with E-state index in [0.717, 1.165) is 5.31 Å². The monoisotopic (exact) mass is 125 g/mol. The minimum Gasteiger partial charge on any atom is -0.376 e. The van der Waals surface area contributed by atoms with E-state index in [9.17, 15) is 4.79 Å². The topological polar surface area (TPSA) is 29.1 Å². The third-order valence-corrected chi connectivity index (χ3v) is 1.06. The Balaban J connectivity index is 2.92. The van der Waals surface area contributed by atoms with Crippen LogP contribution >= 0.6 is 0 Å². The average molecular weight is 125 g/mol. The SMILES string of the molecule is [2H]C1=CC=C(C)N([2H])C1C=O. The molecule has 2 nitrogen and oxygen atoms in total. The Morgan fingerprint density at radius 1 is 2.11 bits per heavy atom. The van der Waals surface area contributed by atoms with Crippen molar-refractivity contribution in [1.82, 2.24) is 5.31 Å². The first-order valence-corrected chi connectivity index (χ1v) is 2.75. The van der Waals surface area contributed by atoms with E-state index in [1.165, 1.54) is 0 Å². The van der Waals surface area contributed by atoms with Gasteiger partial charge in [-0.3, -0.25) is 0 Å². The maximum Gasteiger partial charge on any atom is 0.161 e. The predicted molar refractivity (Wildman–Crippen MR) is 35.9 cm³/mol. The Morgan fingerprint density at radius 2 is 2.89 bits per heavy atom. The molecule has 0 aromatic rings. The van der Waals surface area contributed by atoms with Crippen LogP contribution in [0.1, 0.15) is 8.29 Å². The zero-order chi connectivity index (χ0) is 8.43. The molecule has 1 heterocycles. The van der Waals surface area contributed by atoms with Gasteiger partial charge in [0.2, 0.25) is 0 Å². The van der Waals surface area contributed by atoms with Crippen LogP contribution in [0.5, 0.6) is 0 Å². The molecule has 48 valence electrons. The molecule has 0 saturated carbocycles. The molecule has 0 aromatic heterocycles. The molecule has 1 atom stereocenters. The van der Waals surface area contributed by atoms with Crippen LogP contribution in [0.25, 0.3) is 0 Å². The van der Waals surface area contributed by atoms with Crippen LogP contribution in [0.4, 0.5) is 0 Å². The summed E-state index contributed by atoms with van der Waals surface area (Å²) in [6.07, 6.45) is 3.79. The van der Waals surface area contributed by atoms with Crippen LogP contribution < -0.4 is 5.31 Å². The second-order valence-electron chi connectivity index (χ2n) is 1.85. The van der Waals surface area contributed by atoms with Gasteiger partial charge in [-0.1, -0.05) is 12.1 Å².